The minimum absolute atomic E-state index is 0.0324. The van der Waals surface area contributed by atoms with Crippen molar-refractivity contribution in [1.82, 2.24) is 9.88 Å². The first kappa shape index (κ1) is 21.9. The van der Waals surface area contributed by atoms with Gasteiger partial charge in [-0.15, -0.1) is 0 Å². The van der Waals surface area contributed by atoms with Crippen LogP contribution in [0.1, 0.15) is 33.5 Å². The number of amides is 1. The Kier molecular flexibility index (Phi) is 7.19. The molecule has 0 radical (unpaired) electrons. The van der Waals surface area contributed by atoms with E-state index in [1.165, 1.54) is 16.8 Å². The normalized spacial score (nSPS) is 10.8. The second-order valence-corrected chi connectivity index (χ2v) is 7.92. The number of carbonyl (C=O) groups is 1. The summed E-state index contributed by atoms with van der Waals surface area (Å²) in [4.78, 5) is 24.9. The van der Waals surface area contributed by atoms with Crippen molar-refractivity contribution < 1.29 is 9.90 Å². The summed E-state index contributed by atoms with van der Waals surface area (Å²) in [5.74, 6) is -1.03. The standard InChI is InChI=1S/C23H22Cl2N2O3/c1-15-4-2-5-17(12-15)14-27-11-9-18(21(28)23(27)30)22(29)26-10-3-6-16-7-8-19(24)20(25)13-16/h2,4-5,7-9,11-13,28H,3,6,10,14H2,1H3,(H,26,29). The van der Waals surface area contributed by atoms with Gasteiger partial charge >= 0.3 is 0 Å². The van der Waals surface area contributed by atoms with Crippen molar-refractivity contribution in [2.75, 3.05) is 6.54 Å². The summed E-state index contributed by atoms with van der Waals surface area (Å²) >= 11 is 11.9. The largest absolute Gasteiger partial charge is 0.502 e. The molecule has 3 rings (SSSR count). The maximum atomic E-state index is 12.5. The number of halogens is 2. The average Bonchev–Trinajstić information content (AvgIpc) is 2.71. The van der Waals surface area contributed by atoms with Crippen LogP contribution in [0.5, 0.6) is 5.75 Å². The number of hydrogen-bond donors (Lipinski definition) is 2. The number of carbonyl (C=O) groups excluding carboxylic acids is 1. The number of nitrogens with one attached hydrogen (secondary N) is 1. The van der Waals surface area contributed by atoms with Gasteiger partial charge in [-0.1, -0.05) is 59.1 Å². The van der Waals surface area contributed by atoms with Crippen LogP contribution in [0.15, 0.2) is 59.5 Å². The van der Waals surface area contributed by atoms with Gasteiger partial charge in [-0.2, -0.15) is 0 Å². The van der Waals surface area contributed by atoms with E-state index in [0.717, 1.165) is 16.7 Å². The molecule has 2 N–H and O–H groups in total. The molecule has 0 bridgehead atoms. The van der Waals surface area contributed by atoms with Gasteiger partial charge in [0.25, 0.3) is 11.5 Å². The van der Waals surface area contributed by atoms with Crippen LogP contribution in [-0.4, -0.2) is 22.1 Å². The van der Waals surface area contributed by atoms with Gasteiger partial charge in [-0.05, 0) is 49.1 Å². The highest BCUT2D eigenvalue weighted by Crippen LogP contribution is 2.23. The highest BCUT2D eigenvalue weighted by atomic mass is 35.5. The lowest BCUT2D eigenvalue weighted by Gasteiger charge is -2.11. The number of pyridine rings is 1. The first-order chi connectivity index (χ1) is 14.3. The third-order valence-corrected chi connectivity index (χ3v) is 5.47. The van der Waals surface area contributed by atoms with E-state index in [1.807, 2.05) is 37.3 Å². The van der Waals surface area contributed by atoms with Gasteiger partial charge in [0, 0.05) is 12.7 Å². The smallest absolute Gasteiger partial charge is 0.293 e. The number of nitrogens with zero attached hydrogens (tertiary/aromatic N) is 1. The molecule has 0 saturated carbocycles. The van der Waals surface area contributed by atoms with Gasteiger partial charge in [0.15, 0.2) is 5.75 Å². The fraction of sp³-hybridized carbons (Fsp3) is 0.217. The zero-order valence-corrected chi connectivity index (χ0v) is 18.0. The van der Waals surface area contributed by atoms with E-state index in [1.54, 1.807) is 12.1 Å². The monoisotopic (exact) mass is 444 g/mol. The highest BCUT2D eigenvalue weighted by molar-refractivity contribution is 6.42. The maximum absolute atomic E-state index is 12.5. The van der Waals surface area contributed by atoms with E-state index in [4.69, 9.17) is 23.2 Å². The molecule has 156 valence electrons. The fourth-order valence-corrected chi connectivity index (χ4v) is 3.48. The van der Waals surface area contributed by atoms with Gasteiger partial charge in [0.1, 0.15) is 0 Å². The van der Waals surface area contributed by atoms with E-state index in [-0.39, 0.29) is 5.56 Å². The lowest BCUT2D eigenvalue weighted by molar-refractivity contribution is 0.0950. The minimum Gasteiger partial charge on any atom is -0.502 e. The molecule has 0 atom stereocenters. The lowest BCUT2D eigenvalue weighted by Crippen LogP contribution is -2.28. The number of aromatic hydroxyl groups is 1. The maximum Gasteiger partial charge on any atom is 0.293 e. The predicted octanol–water partition coefficient (Wildman–Crippen LogP) is 4.58. The summed E-state index contributed by atoms with van der Waals surface area (Å²) in [7, 11) is 0. The number of aryl methyl sites for hydroxylation is 2. The SMILES string of the molecule is Cc1cccc(Cn2ccc(C(=O)NCCCc3ccc(Cl)c(Cl)c3)c(O)c2=O)c1. The van der Waals surface area contributed by atoms with Crippen LogP contribution in [0.4, 0.5) is 0 Å². The molecule has 0 aliphatic heterocycles. The van der Waals surface area contributed by atoms with Gasteiger partial charge in [-0.25, -0.2) is 0 Å². The van der Waals surface area contributed by atoms with Gasteiger partial charge in [-0.3, -0.25) is 9.59 Å². The molecule has 0 aliphatic carbocycles. The molecule has 5 nitrogen and oxygen atoms in total. The van der Waals surface area contributed by atoms with Crippen molar-refractivity contribution in [3.05, 3.63) is 97.4 Å². The summed E-state index contributed by atoms with van der Waals surface area (Å²) in [6.07, 6.45) is 2.91. The summed E-state index contributed by atoms with van der Waals surface area (Å²) in [5.41, 5.74) is 2.41. The molecule has 1 heterocycles. The molecule has 30 heavy (non-hydrogen) atoms. The van der Waals surface area contributed by atoms with Gasteiger partial charge < -0.3 is 15.0 Å². The van der Waals surface area contributed by atoms with Crippen LogP contribution >= 0.6 is 23.2 Å². The summed E-state index contributed by atoms with van der Waals surface area (Å²) in [5, 5.41) is 14.0. The number of rotatable bonds is 7. The summed E-state index contributed by atoms with van der Waals surface area (Å²) in [6.45, 7) is 2.68. The molecule has 7 heteroatoms. The number of hydrogen-bond acceptors (Lipinski definition) is 3. The zero-order chi connectivity index (χ0) is 21.7. The molecule has 3 aromatic rings. The molecule has 0 fully saturated rings. The molecule has 0 saturated heterocycles. The molecule has 0 aliphatic rings. The third-order valence-electron chi connectivity index (χ3n) is 4.73. The summed E-state index contributed by atoms with van der Waals surface area (Å²) in [6, 6.07) is 14.6. The van der Waals surface area contributed by atoms with Crippen molar-refractivity contribution in [2.24, 2.45) is 0 Å². The fourth-order valence-electron chi connectivity index (χ4n) is 3.16. The van der Waals surface area contributed by atoms with Crippen LogP contribution in [0.25, 0.3) is 0 Å². The second kappa shape index (κ2) is 9.83. The average molecular weight is 445 g/mol. The number of benzene rings is 2. The Bertz CT molecular complexity index is 1130. The second-order valence-electron chi connectivity index (χ2n) is 7.11. The number of aromatic nitrogens is 1. The Balaban J connectivity index is 1.59. The Morgan fingerprint density at radius 3 is 2.60 bits per heavy atom. The molecule has 1 amide bonds. The zero-order valence-electron chi connectivity index (χ0n) is 16.5. The Morgan fingerprint density at radius 2 is 1.87 bits per heavy atom. The van der Waals surface area contributed by atoms with Crippen molar-refractivity contribution in [1.29, 1.82) is 0 Å². The van der Waals surface area contributed by atoms with E-state index < -0.39 is 17.2 Å². The van der Waals surface area contributed by atoms with Gasteiger partial charge in [0.2, 0.25) is 0 Å². The van der Waals surface area contributed by atoms with Crippen molar-refractivity contribution in [3.63, 3.8) is 0 Å². The first-order valence-corrected chi connectivity index (χ1v) is 10.3. The van der Waals surface area contributed by atoms with Crippen LogP contribution < -0.4 is 10.9 Å². The van der Waals surface area contributed by atoms with Crippen LogP contribution in [0, 0.1) is 6.92 Å². The summed E-state index contributed by atoms with van der Waals surface area (Å²) < 4.78 is 1.38. The van der Waals surface area contributed by atoms with Crippen molar-refractivity contribution >= 4 is 29.1 Å². The molecule has 1 aromatic heterocycles. The van der Waals surface area contributed by atoms with Gasteiger partial charge in [0.05, 0.1) is 22.2 Å². The minimum atomic E-state index is -0.597. The quantitative estimate of drug-likeness (QED) is 0.523. The van der Waals surface area contributed by atoms with E-state index in [9.17, 15) is 14.7 Å². The highest BCUT2D eigenvalue weighted by Gasteiger charge is 2.15. The Morgan fingerprint density at radius 1 is 1.07 bits per heavy atom. The topological polar surface area (TPSA) is 71.3 Å². The first-order valence-electron chi connectivity index (χ1n) is 9.55. The van der Waals surface area contributed by atoms with Crippen LogP contribution in [0.2, 0.25) is 10.0 Å². The molecular weight excluding hydrogens is 423 g/mol. The van der Waals surface area contributed by atoms with Crippen molar-refractivity contribution in [3.8, 4) is 5.75 Å². The van der Waals surface area contributed by atoms with E-state index in [2.05, 4.69) is 5.32 Å². The van der Waals surface area contributed by atoms with Crippen molar-refractivity contribution in [2.45, 2.75) is 26.3 Å². The van der Waals surface area contributed by atoms with E-state index in [0.29, 0.717) is 36.0 Å². The predicted molar refractivity (Wildman–Crippen MR) is 120 cm³/mol. The van der Waals surface area contributed by atoms with E-state index >= 15 is 0 Å². The lowest BCUT2D eigenvalue weighted by atomic mass is 10.1. The molecule has 2 aromatic carbocycles. The molecular formula is C23H22Cl2N2O3. The molecule has 0 spiro atoms. The molecule has 0 unspecified atom stereocenters. The Labute approximate surface area is 184 Å². The third kappa shape index (κ3) is 5.43. The van der Waals surface area contributed by atoms with Crippen LogP contribution in [-0.2, 0) is 13.0 Å². The Hall–Kier alpha value is -2.76. The van der Waals surface area contributed by atoms with Crippen LogP contribution in [0.3, 0.4) is 0 Å².